The molecule has 0 aliphatic carbocycles. The molecule has 0 aliphatic rings. The topological polar surface area (TPSA) is 86.8 Å². The number of benzene rings is 3. The Bertz CT molecular complexity index is 1290. The molecule has 0 bridgehead atoms. The zero-order chi connectivity index (χ0) is 26.3. The highest BCUT2D eigenvalue weighted by molar-refractivity contribution is 7.92. The number of carbonyl (C=O) groups is 2. The van der Waals surface area contributed by atoms with Crippen molar-refractivity contribution in [1.82, 2.24) is 10.2 Å². The summed E-state index contributed by atoms with van der Waals surface area (Å²) in [5.74, 6) is -0.783. The van der Waals surface area contributed by atoms with Crippen LogP contribution >= 0.6 is 0 Å². The maximum absolute atomic E-state index is 13.8. The number of rotatable bonds is 10. The number of amides is 2. The van der Waals surface area contributed by atoms with Gasteiger partial charge in [-0.3, -0.25) is 13.9 Å². The molecule has 3 rings (SSSR count). The first-order valence-corrected chi connectivity index (χ1v) is 13.6. The molecule has 0 radical (unpaired) electrons. The monoisotopic (exact) mass is 507 g/mol. The summed E-state index contributed by atoms with van der Waals surface area (Å²) in [6.45, 7) is 3.48. The van der Waals surface area contributed by atoms with E-state index in [-0.39, 0.29) is 12.5 Å². The lowest BCUT2D eigenvalue weighted by Crippen LogP contribution is -2.53. The fourth-order valence-electron chi connectivity index (χ4n) is 4.18. The van der Waals surface area contributed by atoms with Crippen LogP contribution in [-0.2, 0) is 32.6 Å². The Hall–Kier alpha value is -3.65. The minimum atomic E-state index is -3.78. The Morgan fingerprint density at radius 3 is 2.00 bits per heavy atom. The number of sulfonamides is 1. The van der Waals surface area contributed by atoms with E-state index in [1.165, 1.54) is 11.9 Å². The average molecular weight is 508 g/mol. The lowest BCUT2D eigenvalue weighted by atomic mass is 10.0. The van der Waals surface area contributed by atoms with Gasteiger partial charge >= 0.3 is 0 Å². The van der Waals surface area contributed by atoms with E-state index in [9.17, 15) is 18.0 Å². The van der Waals surface area contributed by atoms with Crippen molar-refractivity contribution in [1.29, 1.82) is 0 Å². The van der Waals surface area contributed by atoms with Gasteiger partial charge in [-0.2, -0.15) is 0 Å². The molecule has 2 amide bonds. The van der Waals surface area contributed by atoms with E-state index in [2.05, 4.69) is 5.32 Å². The fraction of sp³-hybridized carbons (Fsp3) is 0.286. The molecule has 0 heterocycles. The van der Waals surface area contributed by atoms with E-state index in [1.807, 2.05) is 86.6 Å². The molecular weight excluding hydrogens is 474 g/mol. The van der Waals surface area contributed by atoms with Crippen molar-refractivity contribution in [3.63, 3.8) is 0 Å². The predicted molar refractivity (Wildman–Crippen MR) is 143 cm³/mol. The Balaban J connectivity index is 2.02. The molecule has 1 atom stereocenters. The molecule has 0 aliphatic heterocycles. The number of anilines is 1. The van der Waals surface area contributed by atoms with Crippen molar-refractivity contribution in [2.75, 3.05) is 24.2 Å². The SMILES string of the molecule is CNC(=O)[C@@H](Cc1ccccc1)N(Cc1ccccc1)C(=O)CN(c1ccc(C)cc1C)S(C)(=O)=O. The van der Waals surface area contributed by atoms with Gasteiger partial charge in [-0.15, -0.1) is 0 Å². The number of hydrogen-bond donors (Lipinski definition) is 1. The molecule has 3 aromatic carbocycles. The Morgan fingerprint density at radius 2 is 1.47 bits per heavy atom. The van der Waals surface area contributed by atoms with Gasteiger partial charge in [0.15, 0.2) is 0 Å². The van der Waals surface area contributed by atoms with Crippen LogP contribution in [-0.4, -0.2) is 51.0 Å². The molecule has 0 unspecified atom stereocenters. The highest BCUT2D eigenvalue weighted by Gasteiger charge is 2.32. The zero-order valence-electron chi connectivity index (χ0n) is 21.1. The molecule has 0 saturated carbocycles. The minimum absolute atomic E-state index is 0.162. The van der Waals surface area contributed by atoms with E-state index >= 15 is 0 Å². The molecule has 36 heavy (non-hydrogen) atoms. The van der Waals surface area contributed by atoms with Gasteiger partial charge in [-0.05, 0) is 36.6 Å². The van der Waals surface area contributed by atoms with Gasteiger partial charge in [0.05, 0.1) is 11.9 Å². The second kappa shape index (κ2) is 11.9. The Labute approximate surface area is 213 Å². The number of carbonyl (C=O) groups excluding carboxylic acids is 2. The number of likely N-dealkylation sites (N-methyl/N-ethyl adjacent to an activating group) is 1. The molecule has 0 fully saturated rings. The lowest BCUT2D eigenvalue weighted by Gasteiger charge is -2.33. The van der Waals surface area contributed by atoms with Crippen molar-refractivity contribution in [2.24, 2.45) is 0 Å². The number of nitrogens with zero attached hydrogens (tertiary/aromatic N) is 2. The second-order valence-electron chi connectivity index (χ2n) is 8.89. The molecule has 3 aromatic rings. The first kappa shape index (κ1) is 26.9. The maximum atomic E-state index is 13.8. The largest absolute Gasteiger partial charge is 0.357 e. The summed E-state index contributed by atoms with van der Waals surface area (Å²) in [6.07, 6.45) is 1.38. The summed E-state index contributed by atoms with van der Waals surface area (Å²) < 4.78 is 26.7. The molecule has 7 nitrogen and oxygen atoms in total. The summed E-state index contributed by atoms with van der Waals surface area (Å²) in [5.41, 5.74) is 3.91. The van der Waals surface area contributed by atoms with Crippen LogP contribution in [0.15, 0.2) is 78.9 Å². The van der Waals surface area contributed by atoms with Crippen LogP contribution in [0.25, 0.3) is 0 Å². The van der Waals surface area contributed by atoms with Gasteiger partial charge in [-0.1, -0.05) is 78.4 Å². The Kier molecular flexibility index (Phi) is 8.88. The van der Waals surface area contributed by atoms with E-state index in [1.54, 1.807) is 6.07 Å². The third-order valence-electron chi connectivity index (χ3n) is 6.01. The van der Waals surface area contributed by atoms with Crippen molar-refractivity contribution in [2.45, 2.75) is 32.9 Å². The smallest absolute Gasteiger partial charge is 0.244 e. The third-order valence-corrected chi connectivity index (χ3v) is 7.14. The van der Waals surface area contributed by atoms with Crippen LogP contribution in [0.1, 0.15) is 22.3 Å². The lowest BCUT2D eigenvalue weighted by molar-refractivity contribution is -0.139. The summed E-state index contributed by atoms with van der Waals surface area (Å²) in [5, 5.41) is 2.67. The van der Waals surface area contributed by atoms with E-state index in [0.717, 1.165) is 32.8 Å². The van der Waals surface area contributed by atoms with Crippen LogP contribution in [0, 0.1) is 13.8 Å². The molecule has 8 heteroatoms. The molecular formula is C28H33N3O4S. The van der Waals surface area contributed by atoms with Crippen LogP contribution in [0.5, 0.6) is 0 Å². The number of hydrogen-bond acceptors (Lipinski definition) is 4. The summed E-state index contributed by atoms with van der Waals surface area (Å²) in [6, 6.07) is 23.4. The van der Waals surface area contributed by atoms with Gasteiger partial charge < -0.3 is 10.2 Å². The van der Waals surface area contributed by atoms with Gasteiger partial charge in [0.2, 0.25) is 21.8 Å². The van der Waals surface area contributed by atoms with Gasteiger partial charge in [0, 0.05) is 20.0 Å². The van der Waals surface area contributed by atoms with E-state index in [4.69, 9.17) is 0 Å². The quantitative estimate of drug-likeness (QED) is 0.455. The molecule has 190 valence electrons. The standard InChI is InChI=1S/C28H33N3O4S/c1-21-15-16-25(22(2)17-21)31(36(4,34)35)20-27(32)30(19-24-13-9-6-10-14-24)26(28(33)29-3)18-23-11-7-5-8-12-23/h5-17,26H,18-20H2,1-4H3,(H,29,33)/t26-/m1/s1. The second-order valence-corrected chi connectivity index (χ2v) is 10.8. The van der Waals surface area contributed by atoms with Crippen LogP contribution < -0.4 is 9.62 Å². The number of aryl methyl sites for hydroxylation is 2. The third kappa shape index (κ3) is 6.95. The first-order valence-electron chi connectivity index (χ1n) is 11.7. The maximum Gasteiger partial charge on any atom is 0.244 e. The summed E-state index contributed by atoms with van der Waals surface area (Å²) >= 11 is 0. The molecule has 0 saturated heterocycles. The molecule has 1 N–H and O–H groups in total. The van der Waals surface area contributed by atoms with Crippen molar-refractivity contribution in [3.8, 4) is 0 Å². The Morgan fingerprint density at radius 1 is 0.889 bits per heavy atom. The van der Waals surface area contributed by atoms with Crippen molar-refractivity contribution in [3.05, 3.63) is 101 Å². The first-order chi connectivity index (χ1) is 17.1. The van der Waals surface area contributed by atoms with Gasteiger partial charge in [-0.25, -0.2) is 8.42 Å². The van der Waals surface area contributed by atoms with E-state index in [0.29, 0.717) is 12.1 Å². The summed E-state index contributed by atoms with van der Waals surface area (Å²) in [4.78, 5) is 28.4. The zero-order valence-corrected chi connectivity index (χ0v) is 22.0. The fourth-order valence-corrected chi connectivity index (χ4v) is 5.09. The van der Waals surface area contributed by atoms with Gasteiger partial charge in [0.25, 0.3) is 0 Å². The predicted octanol–water partition coefficient (Wildman–Crippen LogP) is 3.46. The number of nitrogens with one attached hydrogen (secondary N) is 1. The van der Waals surface area contributed by atoms with Gasteiger partial charge in [0.1, 0.15) is 12.6 Å². The molecule has 0 aromatic heterocycles. The normalized spacial score (nSPS) is 12.0. The minimum Gasteiger partial charge on any atom is -0.357 e. The van der Waals surface area contributed by atoms with E-state index < -0.39 is 28.5 Å². The van der Waals surface area contributed by atoms with Crippen LogP contribution in [0.2, 0.25) is 0 Å². The molecule has 0 spiro atoms. The highest BCUT2D eigenvalue weighted by atomic mass is 32.2. The average Bonchev–Trinajstić information content (AvgIpc) is 2.85. The summed E-state index contributed by atoms with van der Waals surface area (Å²) in [7, 11) is -2.25. The highest BCUT2D eigenvalue weighted by Crippen LogP contribution is 2.24. The van der Waals surface area contributed by atoms with Crippen LogP contribution in [0.4, 0.5) is 5.69 Å². The van der Waals surface area contributed by atoms with Crippen LogP contribution in [0.3, 0.4) is 0 Å². The van der Waals surface area contributed by atoms with Crippen molar-refractivity contribution >= 4 is 27.5 Å². The van der Waals surface area contributed by atoms with Crippen molar-refractivity contribution < 1.29 is 18.0 Å².